The van der Waals surface area contributed by atoms with E-state index >= 15 is 0 Å². The molecule has 24 heavy (non-hydrogen) atoms. The topological polar surface area (TPSA) is 37.0 Å². The summed E-state index contributed by atoms with van der Waals surface area (Å²) < 4.78 is 5.87. The lowest BCUT2D eigenvalue weighted by Crippen LogP contribution is -2.26. The molecule has 0 radical (unpaired) electrons. The van der Waals surface area contributed by atoms with Gasteiger partial charge in [-0.3, -0.25) is 0 Å². The molecule has 0 fully saturated rings. The van der Waals surface area contributed by atoms with Gasteiger partial charge in [0, 0.05) is 22.8 Å². The largest absolute Gasteiger partial charge is 0.430 e. The van der Waals surface area contributed by atoms with E-state index in [0.717, 1.165) is 27.7 Å². The number of aromatic nitrogens is 1. The van der Waals surface area contributed by atoms with Crippen molar-refractivity contribution in [3.8, 4) is 5.75 Å². The summed E-state index contributed by atoms with van der Waals surface area (Å²) >= 11 is 5.33. The summed E-state index contributed by atoms with van der Waals surface area (Å²) in [6.45, 7) is 0.641. The van der Waals surface area contributed by atoms with E-state index in [1.54, 1.807) is 0 Å². The average Bonchev–Trinajstić information content (AvgIpc) is 3.01. The number of aromatic amines is 1. The first-order valence-corrected chi connectivity index (χ1v) is 8.21. The van der Waals surface area contributed by atoms with Crippen LogP contribution in [0.15, 0.2) is 72.8 Å². The minimum Gasteiger partial charge on any atom is -0.430 e. The number of ether oxygens (including phenoxy) is 1. The lowest BCUT2D eigenvalue weighted by molar-refractivity contribution is 0.536. The van der Waals surface area contributed by atoms with E-state index in [9.17, 15) is 0 Å². The van der Waals surface area contributed by atoms with Crippen LogP contribution in [0.1, 0.15) is 5.56 Å². The van der Waals surface area contributed by atoms with Crippen LogP contribution >= 0.6 is 12.2 Å². The summed E-state index contributed by atoms with van der Waals surface area (Å²) in [5, 5.41) is 5.82. The van der Waals surface area contributed by atoms with Crippen LogP contribution in [0.3, 0.4) is 0 Å². The maximum atomic E-state index is 5.87. The number of H-pyrrole nitrogens is 1. The third-order valence-electron chi connectivity index (χ3n) is 3.99. The van der Waals surface area contributed by atoms with Gasteiger partial charge in [0.25, 0.3) is 5.17 Å². The molecule has 0 unspecified atom stereocenters. The van der Waals surface area contributed by atoms with Gasteiger partial charge >= 0.3 is 0 Å². The van der Waals surface area contributed by atoms with Crippen molar-refractivity contribution < 1.29 is 4.74 Å². The number of hydrogen-bond donors (Lipinski definition) is 2. The molecule has 0 atom stereocenters. The van der Waals surface area contributed by atoms with Crippen molar-refractivity contribution in [2.45, 2.75) is 6.54 Å². The summed E-state index contributed by atoms with van der Waals surface area (Å²) in [6.07, 6.45) is 0. The zero-order valence-corrected chi connectivity index (χ0v) is 13.8. The van der Waals surface area contributed by atoms with E-state index in [1.807, 2.05) is 54.6 Å². The number of benzene rings is 3. The van der Waals surface area contributed by atoms with E-state index in [-0.39, 0.29) is 0 Å². The molecule has 4 aromatic rings. The Bertz CT molecular complexity index is 1010. The smallest absolute Gasteiger partial charge is 0.262 e. The molecule has 0 amide bonds. The fraction of sp³-hybridized carbons (Fsp3) is 0.0500. The minimum absolute atomic E-state index is 0.366. The van der Waals surface area contributed by atoms with Crippen LogP contribution in [0.5, 0.6) is 5.75 Å². The fourth-order valence-electron chi connectivity index (χ4n) is 2.84. The van der Waals surface area contributed by atoms with Gasteiger partial charge in [-0.15, -0.1) is 0 Å². The molecule has 3 aromatic carbocycles. The first kappa shape index (κ1) is 14.7. The first-order valence-electron chi connectivity index (χ1n) is 7.80. The van der Waals surface area contributed by atoms with Gasteiger partial charge in [0.2, 0.25) is 0 Å². The van der Waals surface area contributed by atoms with Crippen LogP contribution in [0.4, 0.5) is 0 Å². The predicted molar refractivity (Wildman–Crippen MR) is 102 cm³/mol. The summed E-state index contributed by atoms with van der Waals surface area (Å²) in [5.74, 6) is 0.731. The van der Waals surface area contributed by atoms with Gasteiger partial charge in [-0.05, 0) is 29.9 Å². The fourth-order valence-corrected chi connectivity index (χ4v) is 3.00. The highest BCUT2D eigenvalue weighted by atomic mass is 32.1. The van der Waals surface area contributed by atoms with Crippen LogP contribution in [-0.2, 0) is 6.54 Å². The van der Waals surface area contributed by atoms with Crippen molar-refractivity contribution >= 4 is 39.2 Å². The van der Waals surface area contributed by atoms with E-state index in [4.69, 9.17) is 17.0 Å². The third kappa shape index (κ3) is 2.84. The number of hydrogen-bond acceptors (Lipinski definition) is 2. The SMILES string of the molecule is S=C(NCc1ccccc1)Oc1cccc2c1[nH]c1ccccc12. The van der Waals surface area contributed by atoms with Gasteiger partial charge in [0.05, 0.1) is 5.52 Å². The molecule has 2 N–H and O–H groups in total. The van der Waals surface area contributed by atoms with E-state index in [1.165, 1.54) is 5.39 Å². The molecule has 0 bridgehead atoms. The molecule has 1 aromatic heterocycles. The maximum Gasteiger partial charge on any atom is 0.262 e. The third-order valence-corrected chi connectivity index (χ3v) is 4.21. The molecule has 3 nitrogen and oxygen atoms in total. The molecule has 0 aliphatic rings. The van der Waals surface area contributed by atoms with Crippen LogP contribution in [0, 0.1) is 0 Å². The van der Waals surface area contributed by atoms with Crippen molar-refractivity contribution in [2.75, 3.05) is 0 Å². The molecular weight excluding hydrogens is 316 g/mol. The summed E-state index contributed by atoms with van der Waals surface area (Å²) in [7, 11) is 0. The number of nitrogens with one attached hydrogen (secondary N) is 2. The lowest BCUT2D eigenvalue weighted by Gasteiger charge is -2.10. The molecule has 4 heteroatoms. The van der Waals surface area contributed by atoms with Crippen LogP contribution < -0.4 is 10.1 Å². The molecule has 0 spiro atoms. The second kappa shape index (κ2) is 6.34. The lowest BCUT2D eigenvalue weighted by atomic mass is 10.1. The van der Waals surface area contributed by atoms with E-state index < -0.39 is 0 Å². The molecule has 4 rings (SSSR count). The van der Waals surface area contributed by atoms with Gasteiger partial charge in [-0.1, -0.05) is 60.7 Å². The Balaban J connectivity index is 1.57. The summed E-state index contributed by atoms with van der Waals surface area (Å²) in [4.78, 5) is 3.41. The van der Waals surface area contributed by atoms with Crippen molar-refractivity contribution in [3.05, 3.63) is 78.4 Å². The molecule has 118 valence electrons. The van der Waals surface area contributed by atoms with E-state index in [2.05, 4.69) is 28.5 Å². The van der Waals surface area contributed by atoms with Gasteiger partial charge in [-0.2, -0.15) is 0 Å². The van der Waals surface area contributed by atoms with Crippen LogP contribution in [0.25, 0.3) is 21.8 Å². The van der Waals surface area contributed by atoms with Gasteiger partial charge < -0.3 is 15.0 Å². The highest BCUT2D eigenvalue weighted by Gasteiger charge is 2.10. The Labute approximate surface area is 145 Å². The van der Waals surface area contributed by atoms with Gasteiger partial charge in [0.15, 0.2) is 5.75 Å². The zero-order chi connectivity index (χ0) is 16.4. The Hall–Kier alpha value is -2.85. The number of rotatable bonds is 3. The standard InChI is InChI=1S/C20H16N2OS/c24-20(21-13-14-7-2-1-3-8-14)23-18-12-6-10-16-15-9-4-5-11-17(15)22-19(16)18/h1-12,22H,13H2,(H,21,24). The Kier molecular flexibility index (Phi) is 3.89. The van der Waals surface area contributed by atoms with E-state index in [0.29, 0.717) is 11.7 Å². The average molecular weight is 332 g/mol. The monoisotopic (exact) mass is 332 g/mol. The second-order valence-electron chi connectivity index (χ2n) is 5.58. The number of fused-ring (bicyclic) bond motifs is 3. The Morgan fingerprint density at radius 2 is 1.62 bits per heavy atom. The Morgan fingerprint density at radius 1 is 0.875 bits per heavy atom. The highest BCUT2D eigenvalue weighted by Crippen LogP contribution is 2.31. The normalized spacial score (nSPS) is 10.8. The molecular formula is C20H16N2OS. The van der Waals surface area contributed by atoms with Crippen LogP contribution in [0.2, 0.25) is 0 Å². The molecule has 0 saturated carbocycles. The maximum absolute atomic E-state index is 5.87. The number of thiocarbonyl (C=S) groups is 1. The van der Waals surface area contributed by atoms with Crippen molar-refractivity contribution in [1.29, 1.82) is 0 Å². The zero-order valence-electron chi connectivity index (χ0n) is 13.0. The highest BCUT2D eigenvalue weighted by molar-refractivity contribution is 7.80. The van der Waals surface area contributed by atoms with Crippen LogP contribution in [-0.4, -0.2) is 10.2 Å². The molecule has 0 aliphatic carbocycles. The summed E-state index contributed by atoms with van der Waals surface area (Å²) in [6, 6.07) is 24.3. The number of para-hydroxylation sites is 2. The second-order valence-corrected chi connectivity index (χ2v) is 5.95. The first-order chi connectivity index (χ1) is 11.8. The van der Waals surface area contributed by atoms with Crippen molar-refractivity contribution in [3.63, 3.8) is 0 Å². The van der Waals surface area contributed by atoms with Crippen molar-refractivity contribution in [1.82, 2.24) is 10.3 Å². The molecule has 1 heterocycles. The quantitative estimate of drug-likeness (QED) is 0.530. The Morgan fingerprint density at radius 3 is 2.50 bits per heavy atom. The van der Waals surface area contributed by atoms with Crippen molar-refractivity contribution in [2.24, 2.45) is 0 Å². The molecule has 0 aliphatic heterocycles. The molecule has 0 saturated heterocycles. The summed E-state index contributed by atoms with van der Waals surface area (Å²) in [5.41, 5.74) is 3.21. The minimum atomic E-state index is 0.366. The van der Waals surface area contributed by atoms with Gasteiger partial charge in [0.1, 0.15) is 0 Å². The predicted octanol–water partition coefficient (Wildman–Crippen LogP) is 4.77. The van der Waals surface area contributed by atoms with Gasteiger partial charge in [-0.25, -0.2) is 0 Å².